The van der Waals surface area contributed by atoms with E-state index in [2.05, 4.69) is 11.1 Å². The maximum atomic E-state index is 11.7. The van der Waals surface area contributed by atoms with E-state index in [-0.39, 0.29) is 5.97 Å². The molecule has 0 aliphatic heterocycles. The van der Waals surface area contributed by atoms with Gasteiger partial charge in [0.05, 0.1) is 11.6 Å². The van der Waals surface area contributed by atoms with Crippen LogP contribution in [0.2, 0.25) is 0 Å². The molecule has 0 fully saturated rings. The molecule has 0 atom stereocenters. The van der Waals surface area contributed by atoms with Crippen molar-refractivity contribution in [3.8, 4) is 6.07 Å². The van der Waals surface area contributed by atoms with E-state index < -0.39 is 5.60 Å². The van der Waals surface area contributed by atoms with E-state index in [1.165, 1.54) is 0 Å². The Morgan fingerprint density at radius 2 is 2.15 bits per heavy atom. The number of nitrogens with one attached hydrogen (secondary N) is 1. The Balaban J connectivity index is 2.08. The minimum absolute atomic E-state index is 0.194. The molecule has 20 heavy (non-hydrogen) atoms. The second kappa shape index (κ2) is 5.38. The summed E-state index contributed by atoms with van der Waals surface area (Å²) in [5.74, 6) is -0.194. The van der Waals surface area contributed by atoms with Crippen LogP contribution in [0.15, 0.2) is 24.4 Å². The molecule has 0 aliphatic rings. The first-order chi connectivity index (χ1) is 9.39. The van der Waals surface area contributed by atoms with Crippen molar-refractivity contribution in [1.82, 2.24) is 4.98 Å². The third-order valence-corrected chi connectivity index (χ3v) is 2.92. The van der Waals surface area contributed by atoms with Crippen LogP contribution in [0, 0.1) is 11.3 Å². The summed E-state index contributed by atoms with van der Waals surface area (Å²) < 4.78 is 5.29. The molecule has 0 amide bonds. The van der Waals surface area contributed by atoms with E-state index in [1.54, 1.807) is 6.07 Å². The van der Waals surface area contributed by atoms with Gasteiger partial charge in [-0.2, -0.15) is 5.26 Å². The lowest BCUT2D eigenvalue weighted by Gasteiger charge is -2.19. The largest absolute Gasteiger partial charge is 0.460 e. The van der Waals surface area contributed by atoms with Gasteiger partial charge in [-0.1, -0.05) is 6.07 Å². The van der Waals surface area contributed by atoms with Gasteiger partial charge >= 0.3 is 5.97 Å². The number of carbonyl (C=O) groups excluding carboxylic acids is 1. The number of hydrogen-bond acceptors (Lipinski definition) is 3. The highest BCUT2D eigenvalue weighted by Gasteiger charge is 2.16. The van der Waals surface area contributed by atoms with Gasteiger partial charge in [-0.25, -0.2) is 0 Å². The summed E-state index contributed by atoms with van der Waals surface area (Å²) in [5, 5.41) is 9.91. The molecule has 0 radical (unpaired) electrons. The first-order valence-electron chi connectivity index (χ1n) is 6.61. The monoisotopic (exact) mass is 270 g/mol. The van der Waals surface area contributed by atoms with E-state index in [0.29, 0.717) is 18.4 Å². The molecule has 0 unspecified atom stereocenters. The quantitative estimate of drug-likeness (QED) is 0.870. The van der Waals surface area contributed by atoms with E-state index in [4.69, 9.17) is 10.00 Å². The molecule has 1 N–H and O–H groups in total. The number of benzene rings is 1. The molecule has 0 bridgehead atoms. The highest BCUT2D eigenvalue weighted by Crippen LogP contribution is 2.21. The zero-order valence-corrected chi connectivity index (χ0v) is 12.0. The number of H-pyrrole nitrogens is 1. The maximum Gasteiger partial charge on any atom is 0.306 e. The molecule has 2 rings (SSSR count). The molecule has 0 saturated carbocycles. The molecule has 0 spiro atoms. The van der Waals surface area contributed by atoms with Crippen molar-refractivity contribution in [1.29, 1.82) is 5.26 Å². The minimum Gasteiger partial charge on any atom is -0.460 e. The third kappa shape index (κ3) is 3.39. The summed E-state index contributed by atoms with van der Waals surface area (Å²) in [6.07, 6.45) is 2.86. The number of fused-ring (bicyclic) bond motifs is 1. The van der Waals surface area contributed by atoms with Gasteiger partial charge in [-0.05, 0) is 44.9 Å². The van der Waals surface area contributed by atoms with Gasteiger partial charge in [0, 0.05) is 23.5 Å². The molecular formula is C16H18N2O2. The first kappa shape index (κ1) is 14.1. The predicted octanol–water partition coefficient (Wildman–Crippen LogP) is 3.31. The number of nitriles is 1. The van der Waals surface area contributed by atoms with Crippen LogP contribution in [0.25, 0.3) is 10.9 Å². The van der Waals surface area contributed by atoms with Gasteiger partial charge in [-0.15, -0.1) is 0 Å². The van der Waals surface area contributed by atoms with E-state index in [0.717, 1.165) is 16.5 Å². The normalized spacial score (nSPS) is 11.3. The molecule has 0 saturated heterocycles. The molecule has 4 nitrogen and oxygen atoms in total. The Morgan fingerprint density at radius 3 is 2.80 bits per heavy atom. The Kier molecular flexibility index (Phi) is 3.80. The highest BCUT2D eigenvalue weighted by atomic mass is 16.6. The maximum absolute atomic E-state index is 11.7. The lowest BCUT2D eigenvalue weighted by Crippen LogP contribution is -2.23. The van der Waals surface area contributed by atoms with Gasteiger partial charge in [0.25, 0.3) is 0 Å². The first-order valence-corrected chi connectivity index (χ1v) is 6.61. The van der Waals surface area contributed by atoms with Crippen LogP contribution in [0.3, 0.4) is 0 Å². The van der Waals surface area contributed by atoms with Crippen molar-refractivity contribution in [2.24, 2.45) is 0 Å². The Morgan fingerprint density at radius 1 is 1.40 bits per heavy atom. The van der Waals surface area contributed by atoms with Crippen molar-refractivity contribution in [2.75, 3.05) is 0 Å². The zero-order chi connectivity index (χ0) is 14.8. The van der Waals surface area contributed by atoms with Crippen LogP contribution < -0.4 is 0 Å². The Hall–Kier alpha value is -2.28. The van der Waals surface area contributed by atoms with Crippen LogP contribution >= 0.6 is 0 Å². The number of hydrogen-bond donors (Lipinski definition) is 1. The number of rotatable bonds is 3. The van der Waals surface area contributed by atoms with Gasteiger partial charge in [-0.3, -0.25) is 4.79 Å². The SMILES string of the molecule is CC(C)(C)OC(=O)CCc1c[nH]c2cc(C#N)ccc12. The molecule has 1 aromatic heterocycles. The molecule has 0 aliphatic carbocycles. The van der Waals surface area contributed by atoms with Gasteiger partial charge in [0.1, 0.15) is 5.60 Å². The van der Waals surface area contributed by atoms with Gasteiger partial charge in [0.2, 0.25) is 0 Å². The van der Waals surface area contributed by atoms with E-state index in [9.17, 15) is 4.79 Å². The van der Waals surface area contributed by atoms with E-state index in [1.807, 2.05) is 39.1 Å². The molecule has 1 aromatic carbocycles. The summed E-state index contributed by atoms with van der Waals surface area (Å²) in [6, 6.07) is 7.62. The Bertz CT molecular complexity index is 672. The van der Waals surface area contributed by atoms with Crippen LogP contribution in [0.5, 0.6) is 0 Å². The fourth-order valence-corrected chi connectivity index (χ4v) is 2.09. The second-order valence-electron chi connectivity index (χ2n) is 5.77. The lowest BCUT2D eigenvalue weighted by atomic mass is 10.1. The minimum atomic E-state index is -0.445. The zero-order valence-electron chi connectivity index (χ0n) is 12.0. The fourth-order valence-electron chi connectivity index (χ4n) is 2.09. The van der Waals surface area contributed by atoms with E-state index >= 15 is 0 Å². The lowest BCUT2D eigenvalue weighted by molar-refractivity contribution is -0.154. The number of esters is 1. The molecule has 104 valence electrons. The number of aryl methyl sites for hydroxylation is 1. The standard InChI is InChI=1S/C16H18N2O2/c1-16(2,3)20-15(19)7-5-12-10-18-14-8-11(9-17)4-6-13(12)14/h4,6,8,10,18H,5,7H2,1-3H3. The van der Waals surface area contributed by atoms with Crippen molar-refractivity contribution in [3.05, 3.63) is 35.5 Å². The van der Waals surface area contributed by atoms with Crippen molar-refractivity contribution in [3.63, 3.8) is 0 Å². The highest BCUT2D eigenvalue weighted by molar-refractivity contribution is 5.85. The molecular weight excluding hydrogens is 252 g/mol. The van der Waals surface area contributed by atoms with Crippen molar-refractivity contribution < 1.29 is 9.53 Å². The summed E-state index contributed by atoms with van der Waals surface area (Å²) in [4.78, 5) is 14.8. The number of aromatic amines is 1. The summed E-state index contributed by atoms with van der Waals surface area (Å²) in [7, 11) is 0. The Labute approximate surface area is 118 Å². The predicted molar refractivity (Wildman–Crippen MR) is 77.2 cm³/mol. The van der Waals surface area contributed by atoms with Crippen LogP contribution in [0.4, 0.5) is 0 Å². The molecule has 1 heterocycles. The van der Waals surface area contributed by atoms with Crippen LogP contribution in [0.1, 0.15) is 38.3 Å². The van der Waals surface area contributed by atoms with Crippen LogP contribution in [-0.2, 0) is 16.0 Å². The van der Waals surface area contributed by atoms with Crippen molar-refractivity contribution in [2.45, 2.75) is 39.2 Å². The topological polar surface area (TPSA) is 65.9 Å². The number of carbonyl (C=O) groups is 1. The summed E-state index contributed by atoms with van der Waals surface area (Å²) >= 11 is 0. The number of aromatic nitrogens is 1. The second-order valence-corrected chi connectivity index (χ2v) is 5.77. The average Bonchev–Trinajstić information content (AvgIpc) is 2.76. The summed E-state index contributed by atoms with van der Waals surface area (Å²) in [5.41, 5.74) is 2.16. The smallest absolute Gasteiger partial charge is 0.306 e. The molecule has 2 aromatic rings. The third-order valence-electron chi connectivity index (χ3n) is 2.92. The number of nitrogens with zero attached hydrogens (tertiary/aromatic N) is 1. The number of ether oxygens (including phenoxy) is 1. The van der Waals surface area contributed by atoms with Crippen molar-refractivity contribution >= 4 is 16.9 Å². The van der Waals surface area contributed by atoms with Crippen LogP contribution in [-0.4, -0.2) is 16.6 Å². The fraction of sp³-hybridized carbons (Fsp3) is 0.375. The molecule has 4 heteroatoms. The van der Waals surface area contributed by atoms with Gasteiger partial charge < -0.3 is 9.72 Å². The summed E-state index contributed by atoms with van der Waals surface area (Å²) in [6.45, 7) is 5.58. The average molecular weight is 270 g/mol. The van der Waals surface area contributed by atoms with Gasteiger partial charge in [0.15, 0.2) is 0 Å².